The van der Waals surface area contributed by atoms with Gasteiger partial charge in [0.25, 0.3) is 11.5 Å². The van der Waals surface area contributed by atoms with E-state index in [0.29, 0.717) is 89.5 Å². The lowest BCUT2D eigenvalue weighted by Gasteiger charge is -2.37. The minimum atomic E-state index is -0.942. The summed E-state index contributed by atoms with van der Waals surface area (Å²) in [6, 6.07) is 20.9. The van der Waals surface area contributed by atoms with Crippen LogP contribution >= 0.6 is 11.3 Å². The maximum Gasteiger partial charge on any atom is 0.253 e. The van der Waals surface area contributed by atoms with Crippen LogP contribution in [-0.2, 0) is 62.5 Å². The number of nitrogens with one attached hydrogen (secondary N) is 4. The Bertz CT molecular complexity index is 3240. The summed E-state index contributed by atoms with van der Waals surface area (Å²) >= 11 is 1.57. The number of aromatic nitrogens is 2. The lowest BCUT2D eigenvalue weighted by molar-refractivity contribution is -0.144. The van der Waals surface area contributed by atoms with Gasteiger partial charge in [-0.1, -0.05) is 69.3 Å². The summed E-state index contributed by atoms with van der Waals surface area (Å²) in [5.41, 5.74) is 11.6. The van der Waals surface area contributed by atoms with Crippen LogP contribution in [-0.4, -0.2) is 189 Å². The third-order valence-electron chi connectivity index (χ3n) is 17.0. The minimum absolute atomic E-state index is 0.0136. The maximum absolute atomic E-state index is 14.0. The van der Waals surface area contributed by atoms with E-state index in [0.717, 1.165) is 99.9 Å². The van der Waals surface area contributed by atoms with E-state index in [9.17, 15) is 33.9 Å². The third-order valence-corrected chi connectivity index (χ3v) is 18.0. The van der Waals surface area contributed by atoms with Crippen LogP contribution in [0.5, 0.6) is 0 Å². The topological polar surface area (TPSA) is 247 Å². The van der Waals surface area contributed by atoms with Gasteiger partial charge in [0.15, 0.2) is 0 Å². The monoisotopic (exact) mass is 1260 g/mol. The predicted molar refractivity (Wildman–Crippen MR) is 347 cm³/mol. The van der Waals surface area contributed by atoms with Crippen molar-refractivity contribution < 1.29 is 52.8 Å². The number of pyridine rings is 1. The average molecular weight is 1260 g/mol. The Labute approximate surface area is 533 Å². The highest BCUT2D eigenvalue weighted by atomic mass is 32.1. The fraction of sp³-hybridized carbons (Fsp3) is 0.544. The third kappa shape index (κ3) is 19.3. The van der Waals surface area contributed by atoms with Gasteiger partial charge in [0.1, 0.15) is 12.1 Å². The molecule has 3 fully saturated rings. The SMILES string of the molecule is CCN(c1cc(-c2ccc(CN3CCN(C(=O)CCOCCOCCOCCOCCC(=O)N[C@H](C(=O)N4C[C@H](O)C[C@@H]4C(=O)NCc4ccc(-c5scnc5C)cc4)C(C)(C)C)CC3)cc2)cc(C(=O)NCc2c(C)cc(C)[nH]c2=O)c1C)C1CCOCC1. The van der Waals surface area contributed by atoms with E-state index >= 15 is 0 Å². The molecule has 3 aliphatic rings. The Morgan fingerprint density at radius 2 is 1.40 bits per heavy atom. The summed E-state index contributed by atoms with van der Waals surface area (Å²) in [6.45, 7) is 23.9. The second-order valence-electron chi connectivity index (χ2n) is 24.7. The van der Waals surface area contributed by atoms with Crippen molar-refractivity contribution in [1.82, 2.24) is 40.6 Å². The maximum atomic E-state index is 14.0. The zero-order valence-electron chi connectivity index (χ0n) is 53.8. The zero-order valence-corrected chi connectivity index (χ0v) is 54.6. The number of hydrogen-bond acceptors (Lipinski definition) is 16. The molecule has 3 saturated heterocycles. The van der Waals surface area contributed by atoms with Crippen LogP contribution in [0.3, 0.4) is 0 Å². The molecule has 0 aliphatic carbocycles. The quantitative estimate of drug-likeness (QED) is 0.0303. The average Bonchev–Trinajstić information content (AvgIpc) is 1.09. The molecule has 21 nitrogen and oxygen atoms in total. The number of anilines is 1. The fourth-order valence-electron chi connectivity index (χ4n) is 11.9. The summed E-state index contributed by atoms with van der Waals surface area (Å²) in [7, 11) is 0. The molecule has 5 aromatic rings. The standard InChI is InChI=1S/C68H93N9O12S/c1-9-76(54-18-26-85-27-19-54)58-38-53(37-56(47(58)4)64(81)70-41-57-45(2)36-46(3)72-65(57)82)51-14-12-50(13-15-51)42-74-22-24-75(25-23-74)61(80)21-29-87-31-33-89-35-34-88-32-30-86-28-20-60(79)73-63(68(6,7)8)67(84)77-43-55(78)39-59(77)66(83)69-40-49-10-16-52(17-11-49)62-48(5)71-44-90-62/h10-17,36-38,44,54-55,59,63,78H,9,18-35,39-43H2,1-8H3,(H,69,83)(H,70,81)(H,72,82)(H,73,79)/t55-,59-,63-/m1/s1. The summed E-state index contributed by atoms with van der Waals surface area (Å²) in [5, 5.41) is 19.4. The number of aliphatic hydroxyl groups is 1. The van der Waals surface area contributed by atoms with Crippen molar-refractivity contribution in [3.05, 3.63) is 127 Å². The molecule has 0 saturated carbocycles. The Morgan fingerprint density at radius 3 is 2.01 bits per heavy atom. The highest BCUT2D eigenvalue weighted by molar-refractivity contribution is 7.13. The van der Waals surface area contributed by atoms with E-state index in [-0.39, 0.29) is 74.9 Å². The highest BCUT2D eigenvalue weighted by Gasteiger charge is 2.44. The number of aliphatic hydroxyl groups excluding tert-OH is 1. The zero-order chi connectivity index (χ0) is 64.3. The van der Waals surface area contributed by atoms with Crippen molar-refractivity contribution in [3.63, 3.8) is 0 Å². The van der Waals surface area contributed by atoms with Gasteiger partial charge in [0.05, 0.1) is 81.5 Å². The number of piperazine rings is 1. The van der Waals surface area contributed by atoms with Gasteiger partial charge < -0.3 is 64.4 Å². The molecule has 3 aliphatic heterocycles. The first kappa shape index (κ1) is 69.0. The summed E-state index contributed by atoms with van der Waals surface area (Å²) in [4.78, 5) is 96.9. The molecule has 488 valence electrons. The molecule has 90 heavy (non-hydrogen) atoms. The molecule has 0 radical (unpaired) electrons. The molecule has 3 atom stereocenters. The van der Waals surface area contributed by atoms with Crippen molar-refractivity contribution in [2.75, 3.05) is 110 Å². The molecular weight excluding hydrogens is 1170 g/mol. The Kier molecular flexibility index (Phi) is 25.6. The number of aromatic amines is 1. The van der Waals surface area contributed by atoms with E-state index in [4.69, 9.17) is 23.7 Å². The molecule has 0 unspecified atom stereocenters. The molecule has 8 rings (SSSR count). The van der Waals surface area contributed by atoms with Crippen LogP contribution in [0.2, 0.25) is 0 Å². The molecule has 22 heteroatoms. The van der Waals surface area contributed by atoms with E-state index in [1.807, 2.05) is 95.3 Å². The minimum Gasteiger partial charge on any atom is -0.391 e. The van der Waals surface area contributed by atoms with Gasteiger partial charge in [-0.05, 0) is 110 Å². The van der Waals surface area contributed by atoms with Crippen molar-refractivity contribution in [2.24, 2.45) is 5.41 Å². The van der Waals surface area contributed by atoms with E-state index in [1.165, 1.54) is 4.90 Å². The van der Waals surface area contributed by atoms with E-state index < -0.39 is 29.5 Å². The van der Waals surface area contributed by atoms with Crippen molar-refractivity contribution in [1.29, 1.82) is 0 Å². The molecule has 5 heterocycles. The molecule has 5 N–H and O–H groups in total. The molecule has 5 amide bonds. The van der Waals surface area contributed by atoms with Gasteiger partial charge in [-0.2, -0.15) is 0 Å². The number of carbonyl (C=O) groups is 5. The van der Waals surface area contributed by atoms with Crippen LogP contribution in [0.25, 0.3) is 21.6 Å². The molecular formula is C68H93N9O12S. The number of nitrogens with zero attached hydrogens (tertiary/aromatic N) is 5. The first-order valence-electron chi connectivity index (χ1n) is 31.7. The number of rotatable bonds is 30. The second kappa shape index (κ2) is 33.4. The van der Waals surface area contributed by atoms with Gasteiger partial charge in [-0.15, -0.1) is 11.3 Å². The van der Waals surface area contributed by atoms with Crippen LogP contribution in [0, 0.1) is 33.1 Å². The van der Waals surface area contributed by atoms with Crippen LogP contribution in [0.1, 0.15) is 109 Å². The number of amides is 5. The Hall–Kier alpha value is -6.89. The summed E-state index contributed by atoms with van der Waals surface area (Å²) < 4.78 is 28.3. The highest BCUT2D eigenvalue weighted by Crippen LogP contribution is 2.35. The van der Waals surface area contributed by atoms with Crippen LogP contribution < -0.4 is 26.4 Å². The number of β-amino-alcohol motifs (C(OH)–C–C–N with tert-alkyl or cyclic N) is 1. The first-order valence-corrected chi connectivity index (χ1v) is 32.6. The number of hydrogen-bond donors (Lipinski definition) is 5. The number of carbonyl (C=O) groups excluding carboxylic acids is 5. The van der Waals surface area contributed by atoms with E-state index in [2.05, 4.69) is 73.0 Å². The van der Waals surface area contributed by atoms with E-state index in [1.54, 1.807) is 11.3 Å². The van der Waals surface area contributed by atoms with Gasteiger partial charge in [-0.25, -0.2) is 4.98 Å². The smallest absolute Gasteiger partial charge is 0.253 e. The van der Waals surface area contributed by atoms with Gasteiger partial charge in [0, 0.05) is 114 Å². The number of thiazole rings is 1. The molecule has 0 spiro atoms. The normalized spacial score (nSPS) is 16.9. The van der Waals surface area contributed by atoms with Gasteiger partial charge >= 0.3 is 0 Å². The molecule has 0 bridgehead atoms. The Morgan fingerprint density at radius 1 is 0.778 bits per heavy atom. The van der Waals surface area contributed by atoms with Gasteiger partial charge in [0.2, 0.25) is 23.6 Å². The first-order chi connectivity index (χ1) is 43.3. The van der Waals surface area contributed by atoms with Crippen molar-refractivity contribution in [3.8, 4) is 21.6 Å². The number of benzene rings is 3. The predicted octanol–water partition coefficient (Wildman–Crippen LogP) is 6.63. The van der Waals surface area contributed by atoms with Crippen molar-refractivity contribution in [2.45, 2.75) is 131 Å². The number of H-pyrrole nitrogens is 1. The molecule has 3 aromatic carbocycles. The Balaban J connectivity index is 0.672. The largest absolute Gasteiger partial charge is 0.391 e. The van der Waals surface area contributed by atoms with Crippen molar-refractivity contribution >= 4 is 46.6 Å². The van der Waals surface area contributed by atoms with Crippen LogP contribution in [0.4, 0.5) is 5.69 Å². The lowest BCUT2D eigenvalue weighted by Crippen LogP contribution is -2.57. The lowest BCUT2D eigenvalue weighted by atomic mass is 9.85. The van der Waals surface area contributed by atoms with Crippen LogP contribution in [0.15, 0.2) is 77.0 Å². The second-order valence-corrected chi connectivity index (χ2v) is 25.5. The number of ether oxygens (including phenoxy) is 5. The molecule has 2 aromatic heterocycles. The summed E-state index contributed by atoms with van der Waals surface area (Å²) in [6.07, 6.45) is 1.35. The summed E-state index contributed by atoms with van der Waals surface area (Å²) in [5.74, 6) is -1.33. The fourth-order valence-corrected chi connectivity index (χ4v) is 12.7. The van der Waals surface area contributed by atoms with Gasteiger partial charge in [-0.3, -0.25) is 33.7 Å². The number of aryl methyl sites for hydroxylation is 3. The number of likely N-dealkylation sites (tertiary alicyclic amines) is 1.